The second-order valence-corrected chi connectivity index (χ2v) is 8.13. The van der Waals surface area contributed by atoms with Crippen molar-refractivity contribution in [2.24, 2.45) is 0 Å². The van der Waals surface area contributed by atoms with E-state index in [0.717, 1.165) is 12.8 Å². The van der Waals surface area contributed by atoms with Crippen LogP contribution in [-0.2, 0) is 14.8 Å². The number of benzene rings is 2. The van der Waals surface area contributed by atoms with Crippen LogP contribution in [0, 0.1) is 0 Å². The number of sulfonamides is 1. The molecule has 0 bridgehead atoms. The maximum Gasteiger partial charge on any atom is 0.262 e. The van der Waals surface area contributed by atoms with Gasteiger partial charge < -0.3 is 9.64 Å². The van der Waals surface area contributed by atoms with E-state index in [9.17, 15) is 13.2 Å². The van der Waals surface area contributed by atoms with Gasteiger partial charge in [0.25, 0.3) is 10.0 Å². The Bertz CT molecular complexity index is 942. The Morgan fingerprint density at radius 1 is 1.23 bits per heavy atom. The first-order valence-electron chi connectivity index (χ1n) is 8.08. The molecule has 0 aromatic heterocycles. The highest BCUT2D eigenvalue weighted by atomic mass is 35.5. The molecule has 26 heavy (non-hydrogen) atoms. The van der Waals surface area contributed by atoms with E-state index in [-0.39, 0.29) is 21.9 Å². The Hall–Kier alpha value is -2.25. The number of nitrogens with one attached hydrogen (secondary N) is 1. The normalized spacial score (nSPS) is 14.0. The molecule has 0 radical (unpaired) electrons. The number of para-hydroxylation sites is 2. The summed E-state index contributed by atoms with van der Waals surface area (Å²) < 4.78 is 33.2. The highest BCUT2D eigenvalue weighted by Crippen LogP contribution is 2.37. The average molecular weight is 395 g/mol. The van der Waals surface area contributed by atoms with Crippen LogP contribution in [-0.4, -0.2) is 27.5 Å². The lowest BCUT2D eigenvalue weighted by Gasteiger charge is -2.24. The number of anilines is 2. The van der Waals surface area contributed by atoms with Crippen molar-refractivity contribution in [3.8, 4) is 5.75 Å². The highest BCUT2D eigenvalue weighted by Gasteiger charge is 2.33. The number of nitrogens with zero attached hydrogens (tertiary/aromatic N) is 1. The molecule has 8 heteroatoms. The second kappa shape index (κ2) is 7.17. The zero-order chi connectivity index (χ0) is 18.9. The first kappa shape index (κ1) is 18.5. The molecule has 1 fully saturated rings. The van der Waals surface area contributed by atoms with E-state index < -0.39 is 10.0 Å². The number of ether oxygens (including phenoxy) is 1. The number of halogens is 1. The maximum absolute atomic E-state index is 12.8. The number of carbonyl (C=O) groups excluding carboxylic acids is 1. The van der Waals surface area contributed by atoms with Crippen molar-refractivity contribution < 1.29 is 17.9 Å². The summed E-state index contributed by atoms with van der Waals surface area (Å²) in [4.78, 5) is 13.7. The van der Waals surface area contributed by atoms with Crippen LogP contribution in [0.15, 0.2) is 47.4 Å². The van der Waals surface area contributed by atoms with Gasteiger partial charge in [0, 0.05) is 13.0 Å². The molecule has 2 aromatic carbocycles. The van der Waals surface area contributed by atoms with Gasteiger partial charge in [0.15, 0.2) is 0 Å². The minimum absolute atomic E-state index is 0.0129. The van der Waals surface area contributed by atoms with Crippen molar-refractivity contribution in [3.63, 3.8) is 0 Å². The second-order valence-electron chi connectivity index (χ2n) is 6.04. The van der Waals surface area contributed by atoms with Gasteiger partial charge in [-0.1, -0.05) is 23.7 Å². The van der Waals surface area contributed by atoms with Crippen molar-refractivity contribution in [1.82, 2.24) is 0 Å². The fourth-order valence-corrected chi connectivity index (χ4v) is 4.17. The number of hydrogen-bond acceptors (Lipinski definition) is 4. The molecule has 2 aromatic rings. The van der Waals surface area contributed by atoms with Gasteiger partial charge in [0.2, 0.25) is 5.91 Å². The molecule has 138 valence electrons. The van der Waals surface area contributed by atoms with E-state index in [1.165, 1.54) is 32.2 Å². The van der Waals surface area contributed by atoms with Gasteiger partial charge in [-0.2, -0.15) is 0 Å². The van der Waals surface area contributed by atoms with E-state index >= 15 is 0 Å². The Labute approximate surface area is 157 Å². The first-order valence-corrected chi connectivity index (χ1v) is 9.95. The van der Waals surface area contributed by atoms with Crippen LogP contribution in [0.5, 0.6) is 5.75 Å². The Kier molecular flexibility index (Phi) is 5.11. The van der Waals surface area contributed by atoms with Crippen molar-refractivity contribution in [1.29, 1.82) is 0 Å². The molecule has 6 nitrogen and oxygen atoms in total. The predicted octanol–water partition coefficient (Wildman–Crippen LogP) is 3.66. The Balaban J connectivity index is 1.96. The summed E-state index contributed by atoms with van der Waals surface area (Å²) in [5, 5.41) is 0.201. The minimum Gasteiger partial charge on any atom is -0.495 e. The molecule has 0 spiro atoms. The smallest absolute Gasteiger partial charge is 0.262 e. The number of methoxy groups -OCH3 is 1. The van der Waals surface area contributed by atoms with E-state index in [4.69, 9.17) is 16.3 Å². The number of carbonyl (C=O) groups is 1. The predicted molar refractivity (Wildman–Crippen MR) is 101 cm³/mol. The van der Waals surface area contributed by atoms with Gasteiger partial charge in [-0.3, -0.25) is 9.52 Å². The highest BCUT2D eigenvalue weighted by molar-refractivity contribution is 7.92. The summed E-state index contributed by atoms with van der Waals surface area (Å²) in [6.07, 6.45) is 1.82. The Morgan fingerprint density at radius 2 is 1.92 bits per heavy atom. The monoisotopic (exact) mass is 394 g/mol. The summed E-state index contributed by atoms with van der Waals surface area (Å²) in [6, 6.07) is 11.2. The molecule has 1 saturated carbocycles. The zero-order valence-electron chi connectivity index (χ0n) is 14.4. The standard InChI is InChI=1S/C18H19ClN2O4S/c1-12(22)21(13-7-8-13)17-6-4-3-5-16(17)20-26(23,24)14-9-10-18(25-2)15(19)11-14/h3-6,9-11,13,20H,7-8H2,1-2H3. The van der Waals surface area contributed by atoms with Crippen LogP contribution >= 0.6 is 11.6 Å². The molecule has 0 unspecified atom stereocenters. The summed E-state index contributed by atoms with van der Waals surface area (Å²) in [6.45, 7) is 1.48. The lowest BCUT2D eigenvalue weighted by atomic mass is 10.2. The van der Waals surface area contributed by atoms with Gasteiger partial charge in [-0.25, -0.2) is 8.42 Å². The number of rotatable bonds is 6. The summed E-state index contributed by atoms with van der Waals surface area (Å²) in [5.74, 6) is 0.272. The van der Waals surface area contributed by atoms with Gasteiger partial charge >= 0.3 is 0 Å². The van der Waals surface area contributed by atoms with Crippen LogP contribution in [0.25, 0.3) is 0 Å². The molecular weight excluding hydrogens is 376 g/mol. The topological polar surface area (TPSA) is 75.7 Å². The molecule has 3 rings (SSSR count). The first-order chi connectivity index (χ1) is 12.3. The zero-order valence-corrected chi connectivity index (χ0v) is 16.0. The summed E-state index contributed by atoms with van der Waals surface area (Å²) in [7, 11) is -2.42. The third-order valence-electron chi connectivity index (χ3n) is 4.09. The van der Waals surface area contributed by atoms with E-state index in [0.29, 0.717) is 17.1 Å². The molecule has 1 amide bonds. The quantitative estimate of drug-likeness (QED) is 0.811. The number of hydrogen-bond donors (Lipinski definition) is 1. The third kappa shape index (κ3) is 3.78. The molecule has 0 aliphatic heterocycles. The fourth-order valence-electron chi connectivity index (χ4n) is 2.74. The molecule has 1 aliphatic rings. The Morgan fingerprint density at radius 3 is 2.50 bits per heavy atom. The van der Waals surface area contributed by atoms with E-state index in [1.54, 1.807) is 29.2 Å². The van der Waals surface area contributed by atoms with Crippen LogP contribution in [0.2, 0.25) is 5.02 Å². The molecule has 0 heterocycles. The third-order valence-corrected chi connectivity index (χ3v) is 5.75. The van der Waals surface area contributed by atoms with Crippen LogP contribution in [0.1, 0.15) is 19.8 Å². The number of amides is 1. The van der Waals surface area contributed by atoms with E-state index in [2.05, 4.69) is 4.72 Å². The molecule has 0 atom stereocenters. The summed E-state index contributed by atoms with van der Waals surface area (Å²) >= 11 is 6.04. The maximum atomic E-state index is 12.8. The van der Waals surface area contributed by atoms with Crippen molar-refractivity contribution >= 4 is 38.9 Å². The lowest BCUT2D eigenvalue weighted by molar-refractivity contribution is -0.116. The lowest BCUT2D eigenvalue weighted by Crippen LogP contribution is -2.31. The van der Waals surface area contributed by atoms with Gasteiger partial charge in [0.1, 0.15) is 5.75 Å². The average Bonchev–Trinajstić information content (AvgIpc) is 3.41. The molecule has 1 aliphatic carbocycles. The molecule has 0 saturated heterocycles. The SMILES string of the molecule is COc1ccc(S(=O)(=O)Nc2ccccc2N(C(C)=O)C2CC2)cc1Cl. The van der Waals surface area contributed by atoms with Gasteiger partial charge in [0.05, 0.1) is 28.4 Å². The minimum atomic E-state index is -3.88. The van der Waals surface area contributed by atoms with E-state index in [1.807, 2.05) is 0 Å². The van der Waals surface area contributed by atoms with Crippen molar-refractivity contribution in [3.05, 3.63) is 47.5 Å². The summed E-state index contributed by atoms with van der Waals surface area (Å²) in [5.41, 5.74) is 0.896. The van der Waals surface area contributed by atoms with Gasteiger partial charge in [-0.15, -0.1) is 0 Å². The fraction of sp³-hybridized carbons (Fsp3) is 0.278. The molecular formula is C18H19ClN2O4S. The van der Waals surface area contributed by atoms with Crippen molar-refractivity contribution in [2.75, 3.05) is 16.7 Å². The van der Waals surface area contributed by atoms with Crippen LogP contribution in [0.3, 0.4) is 0 Å². The molecule has 1 N–H and O–H groups in total. The van der Waals surface area contributed by atoms with Crippen molar-refractivity contribution in [2.45, 2.75) is 30.7 Å². The van der Waals surface area contributed by atoms with Gasteiger partial charge in [-0.05, 0) is 43.2 Å². The van der Waals surface area contributed by atoms with Crippen LogP contribution in [0.4, 0.5) is 11.4 Å². The van der Waals surface area contributed by atoms with Crippen LogP contribution < -0.4 is 14.4 Å². The largest absolute Gasteiger partial charge is 0.495 e.